The lowest BCUT2D eigenvalue weighted by atomic mass is 10.1. The summed E-state index contributed by atoms with van der Waals surface area (Å²) in [6, 6.07) is 8.22. The minimum Gasteiger partial charge on any atom is -0.353 e. The molecule has 2 aromatic heterocycles. The SMILES string of the molecule is Cc1ccc(-c2noc(-c3nnc(SCC(=O)NC4CCCC4)n3C)n2)cc1. The number of hydrogen-bond acceptors (Lipinski definition) is 7. The van der Waals surface area contributed by atoms with E-state index in [1.807, 2.05) is 38.2 Å². The number of benzene rings is 1. The minimum atomic E-state index is 0.0286. The maximum Gasteiger partial charge on any atom is 0.296 e. The summed E-state index contributed by atoms with van der Waals surface area (Å²) in [5.74, 6) is 1.61. The van der Waals surface area contributed by atoms with E-state index in [1.165, 1.54) is 30.2 Å². The Kier molecular flexibility index (Phi) is 5.43. The second kappa shape index (κ2) is 8.14. The van der Waals surface area contributed by atoms with Crippen molar-refractivity contribution in [1.82, 2.24) is 30.2 Å². The quantitative estimate of drug-likeness (QED) is 0.637. The van der Waals surface area contributed by atoms with E-state index < -0.39 is 0 Å². The van der Waals surface area contributed by atoms with Crippen molar-refractivity contribution in [1.29, 1.82) is 0 Å². The highest BCUT2D eigenvalue weighted by Gasteiger charge is 2.20. The van der Waals surface area contributed by atoms with Crippen LogP contribution in [0.2, 0.25) is 0 Å². The number of carbonyl (C=O) groups is 1. The van der Waals surface area contributed by atoms with Crippen molar-refractivity contribution in [3.63, 3.8) is 0 Å². The van der Waals surface area contributed by atoms with Gasteiger partial charge in [0, 0.05) is 18.7 Å². The average Bonchev–Trinajstić information content (AvgIpc) is 3.42. The van der Waals surface area contributed by atoms with E-state index in [2.05, 4.69) is 25.7 Å². The van der Waals surface area contributed by atoms with E-state index in [-0.39, 0.29) is 5.91 Å². The Morgan fingerprint density at radius 2 is 2.00 bits per heavy atom. The summed E-state index contributed by atoms with van der Waals surface area (Å²) < 4.78 is 7.13. The summed E-state index contributed by atoms with van der Waals surface area (Å²) in [7, 11) is 1.82. The molecule has 9 heteroatoms. The van der Waals surface area contributed by atoms with Crippen LogP contribution in [-0.2, 0) is 11.8 Å². The number of thioether (sulfide) groups is 1. The van der Waals surface area contributed by atoms with Gasteiger partial charge in [-0.2, -0.15) is 4.98 Å². The first kappa shape index (κ1) is 18.7. The lowest BCUT2D eigenvalue weighted by Crippen LogP contribution is -2.33. The second-order valence-corrected chi connectivity index (χ2v) is 7.93. The highest BCUT2D eigenvalue weighted by atomic mass is 32.2. The highest BCUT2D eigenvalue weighted by Crippen LogP contribution is 2.24. The van der Waals surface area contributed by atoms with Gasteiger partial charge in [0.25, 0.3) is 5.89 Å². The third-order valence-corrected chi connectivity index (χ3v) is 5.83. The van der Waals surface area contributed by atoms with Crippen LogP contribution in [0.4, 0.5) is 0 Å². The van der Waals surface area contributed by atoms with E-state index >= 15 is 0 Å². The van der Waals surface area contributed by atoms with Crippen LogP contribution >= 0.6 is 11.8 Å². The molecule has 4 rings (SSSR count). The van der Waals surface area contributed by atoms with E-state index in [4.69, 9.17) is 4.52 Å². The van der Waals surface area contributed by atoms with E-state index in [0.717, 1.165) is 18.4 Å². The van der Waals surface area contributed by atoms with Gasteiger partial charge in [-0.3, -0.25) is 4.79 Å². The normalized spacial score (nSPS) is 14.5. The third kappa shape index (κ3) is 4.09. The smallest absolute Gasteiger partial charge is 0.296 e. The number of aryl methyl sites for hydroxylation is 1. The first-order valence-corrected chi connectivity index (χ1v) is 10.3. The van der Waals surface area contributed by atoms with E-state index in [1.54, 1.807) is 4.57 Å². The summed E-state index contributed by atoms with van der Waals surface area (Å²) in [4.78, 5) is 16.5. The third-order valence-electron chi connectivity index (χ3n) is 4.81. The van der Waals surface area contributed by atoms with Gasteiger partial charge in [0.15, 0.2) is 5.16 Å². The highest BCUT2D eigenvalue weighted by molar-refractivity contribution is 7.99. The van der Waals surface area contributed by atoms with Crippen LogP contribution in [0.15, 0.2) is 33.9 Å². The maximum atomic E-state index is 12.1. The van der Waals surface area contributed by atoms with Crippen LogP contribution < -0.4 is 5.32 Å². The Hall–Kier alpha value is -2.68. The number of nitrogens with one attached hydrogen (secondary N) is 1. The molecule has 3 aromatic rings. The molecule has 28 heavy (non-hydrogen) atoms. The van der Waals surface area contributed by atoms with Crippen molar-refractivity contribution in [2.24, 2.45) is 7.05 Å². The fourth-order valence-electron chi connectivity index (χ4n) is 3.23. The van der Waals surface area contributed by atoms with Gasteiger partial charge < -0.3 is 14.4 Å². The zero-order chi connectivity index (χ0) is 19.5. The Morgan fingerprint density at radius 3 is 2.75 bits per heavy atom. The summed E-state index contributed by atoms with van der Waals surface area (Å²) in [5, 5.41) is 16.1. The number of aromatic nitrogens is 5. The standard InChI is InChI=1S/C19H22N6O2S/c1-12-7-9-13(10-8-12)16-21-18(27-24-16)17-22-23-19(25(17)2)28-11-15(26)20-14-5-3-4-6-14/h7-10,14H,3-6,11H2,1-2H3,(H,20,26). The molecule has 0 unspecified atom stereocenters. The molecule has 0 spiro atoms. The lowest BCUT2D eigenvalue weighted by Gasteiger charge is -2.11. The topological polar surface area (TPSA) is 98.7 Å². The van der Waals surface area contributed by atoms with Crippen LogP contribution in [0, 0.1) is 6.92 Å². The van der Waals surface area contributed by atoms with Gasteiger partial charge in [0.05, 0.1) is 5.75 Å². The van der Waals surface area contributed by atoms with Crippen molar-refractivity contribution >= 4 is 17.7 Å². The van der Waals surface area contributed by atoms with Gasteiger partial charge >= 0.3 is 0 Å². The monoisotopic (exact) mass is 398 g/mol. The predicted octanol–water partition coefficient (Wildman–Crippen LogP) is 2.99. The van der Waals surface area contributed by atoms with Crippen molar-refractivity contribution in [2.45, 2.75) is 43.8 Å². The van der Waals surface area contributed by atoms with Crippen LogP contribution in [0.5, 0.6) is 0 Å². The molecule has 0 atom stereocenters. The fourth-order valence-corrected chi connectivity index (χ4v) is 3.95. The molecule has 0 bridgehead atoms. The van der Waals surface area contributed by atoms with Crippen LogP contribution in [0.3, 0.4) is 0 Å². The summed E-state index contributed by atoms with van der Waals surface area (Å²) in [6.45, 7) is 2.03. The van der Waals surface area contributed by atoms with E-state index in [9.17, 15) is 4.79 Å². The molecule has 0 aliphatic heterocycles. The molecule has 0 saturated heterocycles. The molecule has 1 aromatic carbocycles. The first-order valence-electron chi connectivity index (χ1n) is 9.33. The molecule has 0 radical (unpaired) electrons. The molecule has 1 amide bonds. The van der Waals surface area contributed by atoms with Crippen molar-refractivity contribution in [2.75, 3.05) is 5.75 Å². The predicted molar refractivity (Wildman–Crippen MR) is 106 cm³/mol. The average molecular weight is 398 g/mol. The molecule has 2 heterocycles. The molecule has 1 fully saturated rings. The first-order chi connectivity index (χ1) is 13.6. The number of carbonyl (C=O) groups excluding carboxylic acids is 1. The molecule has 1 N–H and O–H groups in total. The zero-order valence-corrected chi connectivity index (χ0v) is 16.7. The maximum absolute atomic E-state index is 12.1. The Labute approximate surface area is 167 Å². The Morgan fingerprint density at radius 1 is 1.25 bits per heavy atom. The van der Waals surface area contributed by atoms with Gasteiger partial charge in [-0.1, -0.05) is 59.6 Å². The molecule has 146 valence electrons. The van der Waals surface area contributed by atoms with Crippen molar-refractivity contribution in [3.05, 3.63) is 29.8 Å². The second-order valence-electron chi connectivity index (χ2n) is 6.99. The largest absolute Gasteiger partial charge is 0.353 e. The van der Waals surface area contributed by atoms with Gasteiger partial charge in [-0.15, -0.1) is 10.2 Å². The lowest BCUT2D eigenvalue weighted by molar-refractivity contribution is -0.119. The number of nitrogens with zero attached hydrogens (tertiary/aromatic N) is 5. The van der Waals surface area contributed by atoms with Gasteiger partial charge in [0.2, 0.25) is 17.6 Å². The molecular formula is C19H22N6O2S. The molecular weight excluding hydrogens is 376 g/mol. The Balaban J connectivity index is 1.42. The van der Waals surface area contributed by atoms with Crippen molar-refractivity contribution < 1.29 is 9.32 Å². The van der Waals surface area contributed by atoms with Crippen LogP contribution in [0.25, 0.3) is 23.1 Å². The molecule has 8 nitrogen and oxygen atoms in total. The number of rotatable bonds is 6. The van der Waals surface area contributed by atoms with Gasteiger partial charge in [-0.05, 0) is 19.8 Å². The minimum absolute atomic E-state index is 0.0286. The number of amides is 1. The summed E-state index contributed by atoms with van der Waals surface area (Å²) >= 11 is 1.35. The van der Waals surface area contributed by atoms with Crippen LogP contribution in [-0.4, -0.2) is 42.6 Å². The molecule has 1 aliphatic carbocycles. The molecule has 1 saturated carbocycles. The zero-order valence-electron chi connectivity index (χ0n) is 15.9. The van der Waals surface area contributed by atoms with Crippen molar-refractivity contribution in [3.8, 4) is 23.1 Å². The number of hydrogen-bond donors (Lipinski definition) is 1. The Bertz CT molecular complexity index is 959. The van der Waals surface area contributed by atoms with Gasteiger partial charge in [-0.25, -0.2) is 0 Å². The summed E-state index contributed by atoms with van der Waals surface area (Å²) in [6.07, 6.45) is 4.54. The summed E-state index contributed by atoms with van der Waals surface area (Å²) in [5.41, 5.74) is 2.04. The van der Waals surface area contributed by atoms with E-state index in [0.29, 0.717) is 34.5 Å². The fraction of sp³-hybridized carbons (Fsp3) is 0.421. The molecule has 1 aliphatic rings. The van der Waals surface area contributed by atoms with Gasteiger partial charge in [0.1, 0.15) is 0 Å². The van der Waals surface area contributed by atoms with Crippen LogP contribution in [0.1, 0.15) is 31.2 Å².